The largest absolute Gasteiger partial charge is 0.377 e. The highest BCUT2D eigenvalue weighted by Gasteiger charge is 2.15. The lowest BCUT2D eigenvalue weighted by molar-refractivity contribution is -0.0000987. The van der Waals surface area contributed by atoms with E-state index in [4.69, 9.17) is 16.3 Å². The molecule has 14 heavy (non-hydrogen) atoms. The average Bonchev–Trinajstić information content (AvgIpc) is 2.19. The van der Waals surface area contributed by atoms with Crippen LogP contribution in [0.5, 0.6) is 0 Å². The summed E-state index contributed by atoms with van der Waals surface area (Å²) in [6.45, 7) is 6.69. The van der Waals surface area contributed by atoms with Crippen molar-refractivity contribution < 1.29 is 4.74 Å². The molecule has 0 radical (unpaired) electrons. The van der Waals surface area contributed by atoms with E-state index in [1.165, 1.54) is 19.3 Å². The van der Waals surface area contributed by atoms with Crippen LogP contribution in [0.4, 0.5) is 0 Å². The zero-order valence-electron chi connectivity index (χ0n) is 8.97. The predicted octanol–water partition coefficient (Wildman–Crippen LogP) is 2.28. The Bertz CT molecular complexity index is 178. The van der Waals surface area contributed by atoms with Crippen molar-refractivity contribution in [2.75, 3.05) is 32.6 Å². The SMILES string of the molecule is C=C(CCl)CN(C)CC1CCCCO1. The molecule has 1 heterocycles. The van der Waals surface area contributed by atoms with Crippen LogP contribution in [0.1, 0.15) is 19.3 Å². The fourth-order valence-electron chi connectivity index (χ4n) is 1.79. The van der Waals surface area contributed by atoms with Gasteiger partial charge in [-0.1, -0.05) is 6.58 Å². The number of alkyl halides is 1. The molecule has 0 N–H and O–H groups in total. The maximum absolute atomic E-state index is 5.68. The molecule has 1 fully saturated rings. The molecule has 0 aromatic heterocycles. The predicted molar refractivity (Wildman–Crippen MR) is 60.9 cm³/mol. The summed E-state index contributed by atoms with van der Waals surface area (Å²) in [5, 5.41) is 0. The molecule has 1 saturated heterocycles. The Hall–Kier alpha value is -0.0500. The Labute approximate surface area is 91.9 Å². The minimum atomic E-state index is 0.414. The minimum Gasteiger partial charge on any atom is -0.377 e. The molecular formula is C11H20ClNO. The first-order chi connectivity index (χ1) is 6.72. The molecule has 2 nitrogen and oxygen atoms in total. The van der Waals surface area contributed by atoms with Crippen LogP contribution in [0.3, 0.4) is 0 Å². The van der Waals surface area contributed by atoms with Crippen LogP contribution in [-0.2, 0) is 4.74 Å². The molecule has 3 heteroatoms. The van der Waals surface area contributed by atoms with Crippen LogP contribution in [0.15, 0.2) is 12.2 Å². The second-order valence-corrected chi connectivity index (χ2v) is 4.34. The second kappa shape index (κ2) is 6.44. The number of nitrogens with zero attached hydrogens (tertiary/aromatic N) is 1. The third-order valence-corrected chi connectivity index (χ3v) is 2.85. The van der Waals surface area contributed by atoms with Crippen molar-refractivity contribution in [3.05, 3.63) is 12.2 Å². The topological polar surface area (TPSA) is 12.5 Å². The molecule has 0 aromatic rings. The first-order valence-corrected chi connectivity index (χ1v) is 5.78. The fraction of sp³-hybridized carbons (Fsp3) is 0.818. The molecule has 0 spiro atoms. The molecule has 1 aliphatic rings. The summed E-state index contributed by atoms with van der Waals surface area (Å²) in [6, 6.07) is 0. The van der Waals surface area contributed by atoms with Crippen LogP contribution >= 0.6 is 11.6 Å². The summed E-state index contributed by atoms with van der Waals surface area (Å²) >= 11 is 5.68. The van der Waals surface area contributed by atoms with Gasteiger partial charge in [0.05, 0.1) is 6.10 Å². The lowest BCUT2D eigenvalue weighted by atomic mass is 10.1. The van der Waals surface area contributed by atoms with E-state index in [0.717, 1.165) is 25.3 Å². The summed E-state index contributed by atoms with van der Waals surface area (Å²) in [5.74, 6) is 0.551. The Morgan fingerprint density at radius 3 is 2.93 bits per heavy atom. The summed E-state index contributed by atoms with van der Waals surface area (Å²) < 4.78 is 5.66. The Morgan fingerprint density at radius 2 is 2.36 bits per heavy atom. The Kier molecular flexibility index (Phi) is 5.53. The van der Waals surface area contributed by atoms with Gasteiger partial charge in [-0.2, -0.15) is 0 Å². The van der Waals surface area contributed by atoms with E-state index in [9.17, 15) is 0 Å². The second-order valence-electron chi connectivity index (χ2n) is 4.07. The third kappa shape index (κ3) is 4.45. The molecule has 1 aliphatic heterocycles. The number of hydrogen-bond acceptors (Lipinski definition) is 2. The molecule has 0 aliphatic carbocycles. The van der Waals surface area contributed by atoms with Crippen molar-refractivity contribution in [2.45, 2.75) is 25.4 Å². The number of ether oxygens (including phenoxy) is 1. The van der Waals surface area contributed by atoms with Crippen molar-refractivity contribution >= 4 is 11.6 Å². The van der Waals surface area contributed by atoms with Gasteiger partial charge < -0.3 is 4.74 Å². The fourth-order valence-corrected chi connectivity index (χ4v) is 1.87. The summed E-state index contributed by atoms with van der Waals surface area (Å²) in [4.78, 5) is 2.24. The van der Waals surface area contributed by atoms with Gasteiger partial charge in [0, 0.05) is 25.6 Å². The van der Waals surface area contributed by atoms with E-state index < -0.39 is 0 Å². The van der Waals surface area contributed by atoms with E-state index in [1.807, 2.05) is 0 Å². The third-order valence-electron chi connectivity index (χ3n) is 2.47. The molecule has 1 rings (SSSR count). The maximum Gasteiger partial charge on any atom is 0.0702 e. The van der Waals surface area contributed by atoms with E-state index in [1.54, 1.807) is 0 Å². The zero-order chi connectivity index (χ0) is 10.4. The van der Waals surface area contributed by atoms with Crippen LogP contribution in [0, 0.1) is 0 Å². The lowest BCUT2D eigenvalue weighted by Crippen LogP contribution is -2.34. The highest BCUT2D eigenvalue weighted by molar-refractivity contribution is 6.19. The smallest absolute Gasteiger partial charge is 0.0702 e. The molecule has 1 unspecified atom stereocenters. The zero-order valence-corrected chi connectivity index (χ0v) is 9.72. The normalized spacial score (nSPS) is 22.6. The van der Waals surface area contributed by atoms with Crippen LogP contribution < -0.4 is 0 Å². The highest BCUT2D eigenvalue weighted by Crippen LogP contribution is 2.13. The molecule has 1 atom stereocenters. The highest BCUT2D eigenvalue weighted by atomic mass is 35.5. The number of likely N-dealkylation sites (N-methyl/N-ethyl adjacent to an activating group) is 1. The average molecular weight is 218 g/mol. The molecule has 82 valence electrons. The van der Waals surface area contributed by atoms with Gasteiger partial charge in [-0.05, 0) is 31.9 Å². The standard InChI is InChI=1S/C11H20ClNO/c1-10(7-12)8-13(2)9-11-5-3-4-6-14-11/h11H,1,3-9H2,2H3. The lowest BCUT2D eigenvalue weighted by Gasteiger charge is -2.27. The van der Waals surface area contributed by atoms with Gasteiger partial charge in [0.2, 0.25) is 0 Å². The number of hydrogen-bond donors (Lipinski definition) is 0. The molecule has 0 aromatic carbocycles. The van der Waals surface area contributed by atoms with Crippen molar-refractivity contribution in [3.8, 4) is 0 Å². The van der Waals surface area contributed by atoms with Crippen LogP contribution in [-0.4, -0.2) is 43.6 Å². The van der Waals surface area contributed by atoms with Gasteiger partial charge >= 0.3 is 0 Å². The van der Waals surface area contributed by atoms with Gasteiger partial charge in [-0.25, -0.2) is 0 Å². The first kappa shape index (κ1) is 12.0. The van der Waals surface area contributed by atoms with Gasteiger partial charge in [-0.15, -0.1) is 11.6 Å². The quantitative estimate of drug-likeness (QED) is 0.518. The van der Waals surface area contributed by atoms with Crippen LogP contribution in [0.25, 0.3) is 0 Å². The van der Waals surface area contributed by atoms with Gasteiger partial charge in [-0.3, -0.25) is 4.90 Å². The van der Waals surface area contributed by atoms with E-state index in [-0.39, 0.29) is 0 Å². The summed E-state index contributed by atoms with van der Waals surface area (Å²) in [5.41, 5.74) is 1.07. The minimum absolute atomic E-state index is 0.414. The monoisotopic (exact) mass is 217 g/mol. The number of rotatable bonds is 5. The molecule has 0 bridgehead atoms. The molecule has 0 amide bonds. The van der Waals surface area contributed by atoms with E-state index in [0.29, 0.717) is 12.0 Å². The van der Waals surface area contributed by atoms with E-state index >= 15 is 0 Å². The van der Waals surface area contributed by atoms with Gasteiger partial charge in [0.25, 0.3) is 0 Å². The van der Waals surface area contributed by atoms with Gasteiger partial charge in [0.1, 0.15) is 0 Å². The Balaban J connectivity index is 2.18. The first-order valence-electron chi connectivity index (χ1n) is 5.25. The molecule has 0 saturated carbocycles. The van der Waals surface area contributed by atoms with Crippen molar-refractivity contribution in [1.82, 2.24) is 4.90 Å². The Morgan fingerprint density at radius 1 is 1.57 bits per heavy atom. The summed E-state index contributed by atoms with van der Waals surface area (Å²) in [7, 11) is 2.09. The summed E-state index contributed by atoms with van der Waals surface area (Å²) in [6.07, 6.45) is 4.12. The maximum atomic E-state index is 5.68. The van der Waals surface area contributed by atoms with Crippen molar-refractivity contribution in [3.63, 3.8) is 0 Å². The molecular weight excluding hydrogens is 198 g/mol. The number of halogens is 1. The van der Waals surface area contributed by atoms with Crippen molar-refractivity contribution in [1.29, 1.82) is 0 Å². The van der Waals surface area contributed by atoms with E-state index in [2.05, 4.69) is 18.5 Å². The van der Waals surface area contributed by atoms with Crippen LogP contribution in [0.2, 0.25) is 0 Å². The van der Waals surface area contributed by atoms with Gasteiger partial charge in [0.15, 0.2) is 0 Å². The van der Waals surface area contributed by atoms with Crippen molar-refractivity contribution in [2.24, 2.45) is 0 Å².